The third-order valence-electron chi connectivity index (χ3n) is 4.81. The third-order valence-corrected chi connectivity index (χ3v) is 4.81. The maximum atomic E-state index is 12.5. The molecule has 0 bridgehead atoms. The Hall–Kier alpha value is -2.62. The number of hydrogen-bond acceptors (Lipinski definition) is 2. The van der Waals surface area contributed by atoms with Gasteiger partial charge in [-0.25, -0.2) is 4.98 Å². The zero-order valence-electron chi connectivity index (χ0n) is 13.6. The van der Waals surface area contributed by atoms with Crippen molar-refractivity contribution in [3.8, 4) is 0 Å². The predicted octanol–water partition coefficient (Wildman–Crippen LogP) is 2.80. The number of pyridine rings is 1. The van der Waals surface area contributed by atoms with E-state index in [0.29, 0.717) is 6.54 Å². The fourth-order valence-corrected chi connectivity index (χ4v) is 3.50. The second-order valence-corrected chi connectivity index (χ2v) is 6.40. The average Bonchev–Trinajstić information content (AvgIpc) is 3.00. The Balaban J connectivity index is 1.40. The summed E-state index contributed by atoms with van der Waals surface area (Å²) in [5.41, 5.74) is 4.58. The minimum atomic E-state index is 0.0494. The summed E-state index contributed by atoms with van der Waals surface area (Å²) in [6.07, 6.45) is 5.45. The number of fused-ring (bicyclic) bond motifs is 3. The average molecular weight is 319 g/mol. The summed E-state index contributed by atoms with van der Waals surface area (Å²) in [6, 6.07) is 16.3. The fourth-order valence-electron chi connectivity index (χ4n) is 3.50. The van der Waals surface area contributed by atoms with Crippen LogP contribution in [-0.2, 0) is 24.1 Å². The summed E-state index contributed by atoms with van der Waals surface area (Å²) in [5.74, 6) is 0.218. The van der Waals surface area contributed by atoms with Crippen LogP contribution in [0.1, 0.15) is 23.4 Å². The van der Waals surface area contributed by atoms with Crippen LogP contribution in [0, 0.1) is 5.92 Å². The Labute approximate surface area is 141 Å². The molecule has 0 spiro atoms. The molecule has 24 heavy (non-hydrogen) atoms. The van der Waals surface area contributed by atoms with Crippen LogP contribution in [0.3, 0.4) is 0 Å². The minimum absolute atomic E-state index is 0.0494. The van der Waals surface area contributed by atoms with Crippen molar-refractivity contribution in [3.05, 3.63) is 71.7 Å². The first-order valence-corrected chi connectivity index (χ1v) is 8.58. The Morgan fingerprint density at radius 1 is 1.17 bits per heavy atom. The number of carbonyl (C=O) groups is 1. The Bertz CT molecular complexity index is 854. The smallest absolute Gasteiger partial charge is 0.223 e. The molecule has 1 aliphatic carbocycles. The van der Waals surface area contributed by atoms with Gasteiger partial charge >= 0.3 is 0 Å². The normalized spacial score (nSPS) is 16.8. The molecule has 4 heteroatoms. The van der Waals surface area contributed by atoms with Gasteiger partial charge in [-0.3, -0.25) is 4.79 Å². The molecule has 122 valence electrons. The lowest BCUT2D eigenvalue weighted by atomic mass is 9.89. The van der Waals surface area contributed by atoms with Gasteiger partial charge in [0.2, 0.25) is 5.91 Å². The first kappa shape index (κ1) is 14.9. The maximum absolute atomic E-state index is 12.5. The van der Waals surface area contributed by atoms with Crippen LogP contribution in [0.2, 0.25) is 0 Å². The first-order chi connectivity index (χ1) is 11.8. The van der Waals surface area contributed by atoms with Crippen LogP contribution in [0.5, 0.6) is 0 Å². The summed E-state index contributed by atoms with van der Waals surface area (Å²) in [7, 11) is 0. The number of aryl methyl sites for hydroxylation is 1. The molecule has 0 saturated carbocycles. The van der Waals surface area contributed by atoms with E-state index in [2.05, 4.69) is 26.8 Å². The van der Waals surface area contributed by atoms with E-state index >= 15 is 0 Å². The van der Waals surface area contributed by atoms with Crippen LogP contribution in [0.15, 0.2) is 54.7 Å². The lowest BCUT2D eigenvalue weighted by molar-refractivity contribution is -0.125. The van der Waals surface area contributed by atoms with Crippen molar-refractivity contribution in [3.63, 3.8) is 0 Å². The standard InChI is InChI=1S/C20H21N3O/c24-20(21-12-11-15-6-2-1-3-7-15)16-9-10-17-18(14-16)23-13-5-4-8-19(23)22-17/h1-8,13,16H,9-12,14H2,(H,21,24). The van der Waals surface area contributed by atoms with Crippen molar-refractivity contribution in [2.24, 2.45) is 5.92 Å². The van der Waals surface area contributed by atoms with Crippen molar-refractivity contribution in [2.45, 2.75) is 25.7 Å². The summed E-state index contributed by atoms with van der Waals surface area (Å²) >= 11 is 0. The largest absolute Gasteiger partial charge is 0.356 e. The second-order valence-electron chi connectivity index (χ2n) is 6.40. The molecule has 2 heterocycles. The highest BCUT2D eigenvalue weighted by atomic mass is 16.1. The molecule has 0 fully saturated rings. The summed E-state index contributed by atoms with van der Waals surface area (Å²) in [6.45, 7) is 0.694. The van der Waals surface area contributed by atoms with E-state index in [1.54, 1.807) is 0 Å². The van der Waals surface area contributed by atoms with Gasteiger partial charge in [-0.15, -0.1) is 0 Å². The fraction of sp³-hybridized carbons (Fsp3) is 0.300. The topological polar surface area (TPSA) is 46.4 Å². The number of nitrogens with zero attached hydrogens (tertiary/aromatic N) is 2. The van der Waals surface area contributed by atoms with Gasteiger partial charge in [0, 0.05) is 30.8 Å². The zero-order valence-corrected chi connectivity index (χ0v) is 13.6. The second kappa shape index (κ2) is 6.48. The quantitative estimate of drug-likeness (QED) is 0.804. The van der Waals surface area contributed by atoms with E-state index < -0.39 is 0 Å². The van der Waals surface area contributed by atoms with Crippen molar-refractivity contribution < 1.29 is 4.79 Å². The molecule has 4 nitrogen and oxygen atoms in total. The molecule has 3 aromatic rings. The Morgan fingerprint density at radius 2 is 2.00 bits per heavy atom. The molecule has 4 rings (SSSR count). The van der Waals surface area contributed by atoms with Gasteiger partial charge in [0.25, 0.3) is 0 Å². The van der Waals surface area contributed by atoms with E-state index in [9.17, 15) is 4.79 Å². The molecule has 1 amide bonds. The van der Waals surface area contributed by atoms with Crippen molar-refractivity contribution in [1.82, 2.24) is 14.7 Å². The third kappa shape index (κ3) is 2.92. The summed E-state index contributed by atoms with van der Waals surface area (Å²) < 4.78 is 2.12. The van der Waals surface area contributed by atoms with Gasteiger partial charge in [0.1, 0.15) is 5.65 Å². The molecule has 0 aliphatic heterocycles. The number of nitrogens with one attached hydrogen (secondary N) is 1. The van der Waals surface area contributed by atoms with E-state index in [1.807, 2.05) is 42.6 Å². The van der Waals surface area contributed by atoms with Crippen molar-refractivity contribution >= 4 is 11.6 Å². The van der Waals surface area contributed by atoms with Gasteiger partial charge in [-0.05, 0) is 37.0 Å². The van der Waals surface area contributed by atoms with Gasteiger partial charge < -0.3 is 9.72 Å². The molecule has 0 saturated heterocycles. The SMILES string of the molecule is O=C(NCCc1ccccc1)C1CCc2nc3ccccn3c2C1. The Morgan fingerprint density at radius 3 is 2.88 bits per heavy atom. The van der Waals surface area contributed by atoms with Crippen LogP contribution >= 0.6 is 0 Å². The first-order valence-electron chi connectivity index (χ1n) is 8.58. The number of aromatic nitrogens is 2. The van der Waals surface area contributed by atoms with Crippen LogP contribution < -0.4 is 5.32 Å². The Kier molecular flexibility index (Phi) is 4.03. The predicted molar refractivity (Wildman–Crippen MR) is 93.9 cm³/mol. The molecular formula is C20H21N3O. The number of rotatable bonds is 4. The minimum Gasteiger partial charge on any atom is -0.356 e. The van der Waals surface area contributed by atoms with E-state index in [-0.39, 0.29) is 11.8 Å². The molecule has 1 N–H and O–H groups in total. The number of imidazole rings is 1. The molecule has 1 unspecified atom stereocenters. The summed E-state index contributed by atoms with van der Waals surface area (Å²) in [4.78, 5) is 17.2. The van der Waals surface area contributed by atoms with E-state index in [1.165, 1.54) is 11.3 Å². The number of carbonyl (C=O) groups excluding carboxylic acids is 1. The highest BCUT2D eigenvalue weighted by molar-refractivity contribution is 5.79. The number of amides is 1. The highest BCUT2D eigenvalue weighted by Crippen LogP contribution is 2.26. The molecule has 1 aromatic carbocycles. The number of hydrogen-bond donors (Lipinski definition) is 1. The van der Waals surface area contributed by atoms with Crippen molar-refractivity contribution in [2.75, 3.05) is 6.54 Å². The van der Waals surface area contributed by atoms with Gasteiger partial charge in [0.05, 0.1) is 5.69 Å². The molecule has 2 aromatic heterocycles. The molecule has 1 atom stereocenters. The lowest BCUT2D eigenvalue weighted by Gasteiger charge is -2.21. The van der Waals surface area contributed by atoms with E-state index in [4.69, 9.17) is 0 Å². The van der Waals surface area contributed by atoms with Crippen molar-refractivity contribution in [1.29, 1.82) is 0 Å². The van der Waals surface area contributed by atoms with Gasteiger partial charge in [0.15, 0.2) is 0 Å². The molecular weight excluding hydrogens is 298 g/mol. The molecule has 0 radical (unpaired) electrons. The highest BCUT2D eigenvalue weighted by Gasteiger charge is 2.27. The van der Waals surface area contributed by atoms with E-state index in [0.717, 1.165) is 37.0 Å². The van der Waals surface area contributed by atoms with Crippen LogP contribution in [0.4, 0.5) is 0 Å². The van der Waals surface area contributed by atoms with Gasteiger partial charge in [-0.2, -0.15) is 0 Å². The lowest BCUT2D eigenvalue weighted by Crippen LogP contribution is -2.35. The maximum Gasteiger partial charge on any atom is 0.223 e. The zero-order chi connectivity index (χ0) is 16.4. The van der Waals surface area contributed by atoms with Crippen LogP contribution in [-0.4, -0.2) is 21.8 Å². The number of benzene rings is 1. The monoisotopic (exact) mass is 319 g/mol. The molecule has 1 aliphatic rings. The van der Waals surface area contributed by atoms with Crippen LogP contribution in [0.25, 0.3) is 5.65 Å². The summed E-state index contributed by atoms with van der Waals surface area (Å²) in [5, 5.41) is 3.10. The van der Waals surface area contributed by atoms with Gasteiger partial charge in [-0.1, -0.05) is 36.4 Å².